The molecule has 0 N–H and O–H groups in total. The summed E-state index contributed by atoms with van der Waals surface area (Å²) in [5, 5.41) is 0. The van der Waals surface area contributed by atoms with Crippen LogP contribution in [-0.4, -0.2) is 0 Å². The van der Waals surface area contributed by atoms with Gasteiger partial charge >= 0.3 is 0 Å². The van der Waals surface area contributed by atoms with Gasteiger partial charge in [0.2, 0.25) is 0 Å². The van der Waals surface area contributed by atoms with Crippen molar-refractivity contribution in [2.75, 3.05) is 0 Å². The highest BCUT2D eigenvalue weighted by atomic mass is 14.4. The fourth-order valence-electron chi connectivity index (χ4n) is 6.45. The monoisotopic (exact) mass is 466 g/mol. The number of allylic oxidation sites excluding steroid dienone is 3. The molecule has 0 amide bonds. The van der Waals surface area contributed by atoms with Gasteiger partial charge in [0.1, 0.15) is 0 Å². The van der Waals surface area contributed by atoms with E-state index in [2.05, 4.69) is 135 Å². The van der Waals surface area contributed by atoms with Gasteiger partial charge in [-0.25, -0.2) is 0 Å². The Morgan fingerprint density at radius 3 is 2.28 bits per heavy atom. The summed E-state index contributed by atoms with van der Waals surface area (Å²) in [5.74, 6) is 1.79. The highest BCUT2D eigenvalue weighted by molar-refractivity contribution is 5.88. The van der Waals surface area contributed by atoms with E-state index in [1.54, 1.807) is 5.56 Å². The second kappa shape index (κ2) is 9.78. The third-order valence-electron chi connectivity index (χ3n) is 8.35. The number of rotatable bonds is 6. The Bertz CT molecular complexity index is 1410. The van der Waals surface area contributed by atoms with Crippen LogP contribution in [0.2, 0.25) is 0 Å². The van der Waals surface area contributed by atoms with Crippen molar-refractivity contribution < 1.29 is 0 Å². The van der Waals surface area contributed by atoms with Gasteiger partial charge in [0, 0.05) is 5.92 Å². The number of hydrogen-bond acceptors (Lipinski definition) is 0. The third-order valence-corrected chi connectivity index (χ3v) is 8.35. The minimum Gasteiger partial charge on any atom is -0.0833 e. The van der Waals surface area contributed by atoms with E-state index in [9.17, 15) is 0 Å². The molecule has 36 heavy (non-hydrogen) atoms. The van der Waals surface area contributed by atoms with E-state index in [0.717, 1.165) is 12.8 Å². The molecule has 178 valence electrons. The van der Waals surface area contributed by atoms with Gasteiger partial charge in [-0.05, 0) is 75.1 Å². The van der Waals surface area contributed by atoms with E-state index in [4.69, 9.17) is 0 Å². The summed E-state index contributed by atoms with van der Waals surface area (Å²) >= 11 is 0. The molecule has 0 aliphatic heterocycles. The van der Waals surface area contributed by atoms with E-state index >= 15 is 0 Å². The normalized spacial score (nSPS) is 21.3. The molecular formula is C36H34. The molecule has 0 saturated carbocycles. The van der Waals surface area contributed by atoms with E-state index in [0.29, 0.717) is 23.7 Å². The first kappa shape index (κ1) is 22.8. The third kappa shape index (κ3) is 4.16. The van der Waals surface area contributed by atoms with Crippen molar-refractivity contribution in [3.8, 4) is 0 Å². The molecule has 0 radical (unpaired) electrons. The first-order valence-electron chi connectivity index (χ1n) is 13.4. The summed E-state index contributed by atoms with van der Waals surface area (Å²) in [6.07, 6.45) is 9.55. The minimum atomic E-state index is 0.397. The van der Waals surface area contributed by atoms with Crippen molar-refractivity contribution in [1.29, 1.82) is 0 Å². The first-order chi connectivity index (χ1) is 17.7. The zero-order valence-corrected chi connectivity index (χ0v) is 21.3. The van der Waals surface area contributed by atoms with E-state index in [1.165, 1.54) is 39.0 Å². The van der Waals surface area contributed by atoms with Crippen molar-refractivity contribution in [3.05, 3.63) is 154 Å². The lowest BCUT2D eigenvalue weighted by molar-refractivity contribution is 0.493. The van der Waals surface area contributed by atoms with Crippen LogP contribution in [0.25, 0.3) is 11.6 Å². The van der Waals surface area contributed by atoms with Gasteiger partial charge in [-0.15, -0.1) is 0 Å². The fourth-order valence-corrected chi connectivity index (χ4v) is 6.45. The van der Waals surface area contributed by atoms with Crippen LogP contribution in [0.4, 0.5) is 0 Å². The van der Waals surface area contributed by atoms with Gasteiger partial charge in [-0.3, -0.25) is 0 Å². The van der Waals surface area contributed by atoms with Gasteiger partial charge in [-0.2, -0.15) is 0 Å². The zero-order valence-electron chi connectivity index (χ0n) is 21.3. The molecule has 4 aromatic rings. The van der Waals surface area contributed by atoms with Crippen LogP contribution in [0.1, 0.15) is 77.0 Å². The number of fused-ring (bicyclic) bond motifs is 2. The highest BCUT2D eigenvalue weighted by Crippen LogP contribution is 2.52. The van der Waals surface area contributed by atoms with Gasteiger partial charge < -0.3 is 0 Å². The van der Waals surface area contributed by atoms with Gasteiger partial charge in [0.05, 0.1) is 0 Å². The van der Waals surface area contributed by atoms with Crippen LogP contribution in [0.15, 0.2) is 115 Å². The molecule has 0 saturated heterocycles. The predicted octanol–water partition coefficient (Wildman–Crippen LogP) is 9.40. The lowest BCUT2D eigenvalue weighted by atomic mass is 9.80. The smallest absolute Gasteiger partial charge is 0.0161 e. The van der Waals surface area contributed by atoms with E-state index in [1.807, 2.05) is 0 Å². The van der Waals surface area contributed by atoms with Crippen molar-refractivity contribution in [1.82, 2.24) is 0 Å². The topological polar surface area (TPSA) is 0 Å². The Hall–Kier alpha value is -3.64. The van der Waals surface area contributed by atoms with Gasteiger partial charge in [-0.1, -0.05) is 135 Å². The standard InChI is InChI=1S/C36H34/c1-3-32-33(20-18-25(2)26-12-6-4-7-13-26)36(27-14-8-5-9-15-27)34-21-19-30(24-35(32)34)31-22-28-16-10-11-17-29(28)23-31/h4-22,24-25,32-33,36H,3,23H2,1-2H3. The summed E-state index contributed by atoms with van der Waals surface area (Å²) in [6, 6.07) is 38.1. The molecule has 0 spiro atoms. The molecular weight excluding hydrogens is 432 g/mol. The maximum Gasteiger partial charge on any atom is 0.0161 e. The maximum atomic E-state index is 2.54. The molecule has 4 unspecified atom stereocenters. The Morgan fingerprint density at radius 2 is 1.53 bits per heavy atom. The molecule has 0 heterocycles. The summed E-state index contributed by atoms with van der Waals surface area (Å²) in [4.78, 5) is 0. The van der Waals surface area contributed by atoms with Crippen LogP contribution < -0.4 is 0 Å². The molecule has 0 heteroatoms. The molecule has 0 nitrogen and oxygen atoms in total. The molecule has 0 aromatic heterocycles. The molecule has 2 aliphatic carbocycles. The van der Waals surface area contributed by atoms with Crippen LogP contribution in [0.5, 0.6) is 0 Å². The van der Waals surface area contributed by atoms with Crippen LogP contribution >= 0.6 is 0 Å². The van der Waals surface area contributed by atoms with E-state index in [-0.39, 0.29) is 0 Å². The highest BCUT2D eigenvalue weighted by Gasteiger charge is 2.39. The Balaban J connectivity index is 1.39. The predicted molar refractivity (Wildman–Crippen MR) is 153 cm³/mol. The van der Waals surface area contributed by atoms with Crippen molar-refractivity contribution in [2.24, 2.45) is 5.92 Å². The van der Waals surface area contributed by atoms with Gasteiger partial charge in [0.15, 0.2) is 0 Å². The molecule has 6 rings (SSSR count). The van der Waals surface area contributed by atoms with Crippen LogP contribution in [0, 0.1) is 5.92 Å². The first-order valence-corrected chi connectivity index (χ1v) is 13.4. The quantitative estimate of drug-likeness (QED) is 0.248. The summed E-state index contributed by atoms with van der Waals surface area (Å²) in [5.41, 5.74) is 11.5. The average Bonchev–Trinajstić information content (AvgIpc) is 3.51. The SMILES string of the molecule is CCC1c2cc(C3=Cc4ccccc4C3)ccc2C(c2ccccc2)C1C=CC(C)c1ccccc1. The number of benzene rings is 4. The molecule has 4 aromatic carbocycles. The summed E-state index contributed by atoms with van der Waals surface area (Å²) < 4.78 is 0. The van der Waals surface area contributed by atoms with Gasteiger partial charge in [0.25, 0.3) is 0 Å². The fraction of sp³-hybridized carbons (Fsp3) is 0.222. The van der Waals surface area contributed by atoms with Crippen LogP contribution in [-0.2, 0) is 6.42 Å². The number of hydrogen-bond donors (Lipinski definition) is 0. The molecule has 0 fully saturated rings. The average molecular weight is 467 g/mol. The molecule has 4 atom stereocenters. The largest absolute Gasteiger partial charge is 0.0833 e. The maximum absolute atomic E-state index is 2.54. The molecule has 2 aliphatic rings. The van der Waals surface area contributed by atoms with Crippen molar-refractivity contribution >= 4 is 11.6 Å². The van der Waals surface area contributed by atoms with Crippen molar-refractivity contribution in [3.63, 3.8) is 0 Å². The van der Waals surface area contributed by atoms with E-state index < -0.39 is 0 Å². The second-order valence-electron chi connectivity index (χ2n) is 10.5. The van der Waals surface area contributed by atoms with Crippen molar-refractivity contribution in [2.45, 2.75) is 44.4 Å². The molecule has 0 bridgehead atoms. The lowest BCUT2D eigenvalue weighted by Gasteiger charge is -2.23. The van der Waals surface area contributed by atoms with Crippen LogP contribution in [0.3, 0.4) is 0 Å². The summed E-state index contributed by atoms with van der Waals surface area (Å²) in [6.45, 7) is 4.68. The lowest BCUT2D eigenvalue weighted by Crippen LogP contribution is -2.11. The minimum absolute atomic E-state index is 0.397. The Labute approximate surface area is 216 Å². The summed E-state index contributed by atoms with van der Waals surface area (Å²) in [7, 11) is 0. The Morgan fingerprint density at radius 1 is 0.806 bits per heavy atom. The second-order valence-corrected chi connectivity index (χ2v) is 10.5. The zero-order chi connectivity index (χ0) is 24.5. The Kier molecular flexibility index (Phi) is 6.20.